The molecule has 1 fully saturated rings. The van der Waals surface area contributed by atoms with Crippen LogP contribution in [0.25, 0.3) is 0 Å². The number of hydrogen-bond acceptors (Lipinski definition) is 2. The summed E-state index contributed by atoms with van der Waals surface area (Å²) in [7, 11) is 1.97. The standard InChI is InChI=1S/C15H21F3N2/c1-20(14-7-3-5-12(14)9-19)10-11-4-2-6-13(8-11)15(16,17)18/h2,4,6,8,12,14H,3,5,7,9-10,19H2,1H3. The van der Waals surface area contributed by atoms with Crippen molar-refractivity contribution in [2.45, 2.75) is 38.0 Å². The number of hydrogen-bond donors (Lipinski definition) is 1. The minimum atomic E-state index is -4.28. The van der Waals surface area contributed by atoms with Crippen molar-refractivity contribution in [3.8, 4) is 0 Å². The van der Waals surface area contributed by atoms with Crippen molar-refractivity contribution in [2.75, 3.05) is 13.6 Å². The summed E-state index contributed by atoms with van der Waals surface area (Å²) in [6.45, 7) is 1.18. The largest absolute Gasteiger partial charge is 0.416 e. The highest BCUT2D eigenvalue weighted by molar-refractivity contribution is 5.25. The molecule has 1 aliphatic carbocycles. The Labute approximate surface area is 117 Å². The zero-order valence-corrected chi connectivity index (χ0v) is 11.7. The summed E-state index contributed by atoms with van der Waals surface area (Å²) in [5.41, 5.74) is 5.88. The van der Waals surface area contributed by atoms with E-state index in [2.05, 4.69) is 4.90 Å². The Kier molecular flexibility index (Phi) is 4.70. The van der Waals surface area contributed by atoms with Crippen molar-refractivity contribution in [2.24, 2.45) is 11.7 Å². The maximum atomic E-state index is 12.7. The summed E-state index contributed by atoms with van der Waals surface area (Å²) in [4.78, 5) is 2.14. The molecule has 0 amide bonds. The normalized spacial score (nSPS) is 23.5. The first-order valence-corrected chi connectivity index (χ1v) is 6.98. The van der Waals surface area contributed by atoms with Crippen LogP contribution in [0.4, 0.5) is 13.2 Å². The second-order valence-electron chi connectivity index (χ2n) is 5.61. The summed E-state index contributed by atoms with van der Waals surface area (Å²) in [6.07, 6.45) is -0.924. The molecule has 2 nitrogen and oxygen atoms in total. The maximum absolute atomic E-state index is 12.7. The van der Waals surface area contributed by atoms with Gasteiger partial charge in [-0.25, -0.2) is 0 Å². The average Bonchev–Trinajstić information content (AvgIpc) is 2.86. The summed E-state index contributed by atoms with van der Waals surface area (Å²) in [5.74, 6) is 0.464. The van der Waals surface area contributed by atoms with Gasteiger partial charge in [-0.2, -0.15) is 13.2 Å². The lowest BCUT2D eigenvalue weighted by Crippen LogP contribution is -2.37. The van der Waals surface area contributed by atoms with Crippen molar-refractivity contribution < 1.29 is 13.2 Å². The molecular weight excluding hydrogens is 265 g/mol. The van der Waals surface area contributed by atoms with Crippen molar-refractivity contribution >= 4 is 0 Å². The lowest BCUT2D eigenvalue weighted by atomic mass is 10.0. The van der Waals surface area contributed by atoms with Crippen LogP contribution in [0.15, 0.2) is 24.3 Å². The Morgan fingerprint density at radius 2 is 2.05 bits per heavy atom. The highest BCUT2D eigenvalue weighted by Gasteiger charge is 2.31. The van der Waals surface area contributed by atoms with Crippen LogP contribution in [0.5, 0.6) is 0 Å². The van der Waals surface area contributed by atoms with E-state index >= 15 is 0 Å². The molecule has 0 saturated heterocycles. The van der Waals surface area contributed by atoms with Gasteiger partial charge in [0.1, 0.15) is 0 Å². The number of nitrogens with zero attached hydrogens (tertiary/aromatic N) is 1. The van der Waals surface area contributed by atoms with Gasteiger partial charge in [0.15, 0.2) is 0 Å². The van der Waals surface area contributed by atoms with Crippen LogP contribution in [0.1, 0.15) is 30.4 Å². The van der Waals surface area contributed by atoms with Crippen molar-refractivity contribution in [3.63, 3.8) is 0 Å². The minimum absolute atomic E-state index is 0.384. The number of alkyl halides is 3. The number of nitrogens with two attached hydrogens (primary N) is 1. The molecule has 5 heteroatoms. The van der Waals surface area contributed by atoms with Crippen LogP contribution in [0, 0.1) is 5.92 Å². The number of benzene rings is 1. The predicted molar refractivity (Wildman–Crippen MR) is 73.1 cm³/mol. The van der Waals surface area contributed by atoms with Crippen LogP contribution in [0.3, 0.4) is 0 Å². The molecule has 0 bridgehead atoms. The van der Waals surface area contributed by atoms with Gasteiger partial charge in [0.2, 0.25) is 0 Å². The molecule has 1 aliphatic rings. The fourth-order valence-corrected chi connectivity index (χ4v) is 3.12. The van der Waals surface area contributed by atoms with Gasteiger partial charge in [-0.1, -0.05) is 24.6 Å². The summed E-state index contributed by atoms with van der Waals surface area (Å²) < 4.78 is 38.1. The zero-order chi connectivity index (χ0) is 14.8. The molecule has 2 unspecified atom stereocenters. The Bertz CT molecular complexity index is 445. The van der Waals surface area contributed by atoms with Gasteiger partial charge in [0.25, 0.3) is 0 Å². The van der Waals surface area contributed by atoms with Crippen LogP contribution < -0.4 is 5.73 Å². The zero-order valence-electron chi connectivity index (χ0n) is 11.7. The van der Waals surface area contributed by atoms with E-state index in [0.29, 0.717) is 30.6 Å². The van der Waals surface area contributed by atoms with E-state index in [9.17, 15) is 13.2 Å². The van der Waals surface area contributed by atoms with Crippen molar-refractivity contribution in [1.29, 1.82) is 0 Å². The lowest BCUT2D eigenvalue weighted by molar-refractivity contribution is -0.137. The highest BCUT2D eigenvalue weighted by atomic mass is 19.4. The number of rotatable bonds is 4. The molecule has 0 aliphatic heterocycles. The molecule has 2 N–H and O–H groups in total. The molecule has 2 atom stereocenters. The third kappa shape index (κ3) is 3.52. The third-order valence-corrected chi connectivity index (χ3v) is 4.17. The second kappa shape index (κ2) is 6.14. The molecule has 1 aromatic carbocycles. The van der Waals surface area contributed by atoms with E-state index in [-0.39, 0.29) is 0 Å². The van der Waals surface area contributed by atoms with E-state index < -0.39 is 11.7 Å². The Hall–Kier alpha value is -1.07. The van der Waals surface area contributed by atoms with E-state index in [1.807, 2.05) is 7.05 Å². The summed E-state index contributed by atoms with van der Waals surface area (Å²) in [6, 6.07) is 5.96. The third-order valence-electron chi connectivity index (χ3n) is 4.17. The molecule has 1 aromatic rings. The van der Waals surface area contributed by atoms with E-state index in [1.54, 1.807) is 6.07 Å². The number of halogens is 3. The Morgan fingerprint density at radius 1 is 1.30 bits per heavy atom. The van der Waals surface area contributed by atoms with Gasteiger partial charge >= 0.3 is 6.18 Å². The van der Waals surface area contributed by atoms with Crippen molar-refractivity contribution in [1.82, 2.24) is 4.90 Å². The molecule has 0 heterocycles. The van der Waals surface area contributed by atoms with Crippen LogP contribution >= 0.6 is 0 Å². The summed E-state index contributed by atoms with van der Waals surface area (Å²) >= 11 is 0. The maximum Gasteiger partial charge on any atom is 0.416 e. The lowest BCUT2D eigenvalue weighted by Gasteiger charge is -2.29. The highest BCUT2D eigenvalue weighted by Crippen LogP contribution is 2.31. The van der Waals surface area contributed by atoms with E-state index in [4.69, 9.17) is 5.73 Å². The van der Waals surface area contributed by atoms with Gasteiger partial charge in [-0.3, -0.25) is 4.90 Å². The van der Waals surface area contributed by atoms with Crippen LogP contribution in [-0.4, -0.2) is 24.5 Å². The fraction of sp³-hybridized carbons (Fsp3) is 0.600. The topological polar surface area (TPSA) is 29.3 Å². The van der Waals surface area contributed by atoms with Gasteiger partial charge in [-0.05, 0) is 44.0 Å². The van der Waals surface area contributed by atoms with Crippen LogP contribution in [0.2, 0.25) is 0 Å². The summed E-state index contributed by atoms with van der Waals surface area (Å²) in [5, 5.41) is 0. The Balaban J connectivity index is 2.06. The van der Waals surface area contributed by atoms with Gasteiger partial charge in [-0.15, -0.1) is 0 Å². The Morgan fingerprint density at radius 3 is 2.70 bits per heavy atom. The molecule has 1 saturated carbocycles. The van der Waals surface area contributed by atoms with Crippen LogP contribution in [-0.2, 0) is 12.7 Å². The molecule has 0 radical (unpaired) electrons. The van der Waals surface area contributed by atoms with Gasteiger partial charge in [0.05, 0.1) is 5.56 Å². The smallest absolute Gasteiger partial charge is 0.330 e. The molecule has 0 spiro atoms. The molecule has 0 aromatic heterocycles. The van der Waals surface area contributed by atoms with E-state index in [0.717, 1.165) is 25.3 Å². The molecule has 2 rings (SSSR count). The first kappa shape index (κ1) is 15.3. The fourth-order valence-electron chi connectivity index (χ4n) is 3.12. The van der Waals surface area contributed by atoms with Crippen molar-refractivity contribution in [3.05, 3.63) is 35.4 Å². The van der Waals surface area contributed by atoms with Gasteiger partial charge in [0, 0.05) is 12.6 Å². The van der Waals surface area contributed by atoms with Gasteiger partial charge < -0.3 is 5.73 Å². The quantitative estimate of drug-likeness (QED) is 0.920. The van der Waals surface area contributed by atoms with E-state index in [1.165, 1.54) is 12.1 Å². The minimum Gasteiger partial charge on any atom is -0.330 e. The average molecular weight is 286 g/mol. The first-order valence-electron chi connectivity index (χ1n) is 6.98. The second-order valence-corrected chi connectivity index (χ2v) is 5.61. The molecule has 112 valence electrons. The molecular formula is C15H21F3N2. The predicted octanol–water partition coefficient (Wildman–Crippen LogP) is 3.26. The SMILES string of the molecule is CN(Cc1cccc(C(F)(F)F)c1)C1CCCC1CN. The first-order chi connectivity index (χ1) is 9.41. The molecule has 20 heavy (non-hydrogen) atoms. The monoisotopic (exact) mass is 286 g/mol.